The molecule has 0 saturated heterocycles. The Morgan fingerprint density at radius 1 is 1.37 bits per heavy atom. The third-order valence-electron chi connectivity index (χ3n) is 3.99. The predicted octanol–water partition coefficient (Wildman–Crippen LogP) is 3.73. The molecule has 3 N–H and O–H groups in total. The van der Waals surface area contributed by atoms with Crippen LogP contribution in [-0.4, -0.2) is 11.9 Å². The smallest absolute Gasteiger partial charge is 0.252 e. The van der Waals surface area contributed by atoms with Crippen LogP contribution in [0.1, 0.15) is 49.4 Å². The number of carbonyl (C=O) groups excluding carboxylic acids is 1. The van der Waals surface area contributed by atoms with E-state index in [-0.39, 0.29) is 11.9 Å². The van der Waals surface area contributed by atoms with Gasteiger partial charge in [-0.3, -0.25) is 4.79 Å². The minimum Gasteiger partial charge on any atom is -0.398 e. The molecule has 1 amide bonds. The van der Waals surface area contributed by atoms with E-state index in [1.54, 1.807) is 18.2 Å². The van der Waals surface area contributed by atoms with Crippen molar-refractivity contribution in [2.24, 2.45) is 5.92 Å². The monoisotopic (exact) mass is 324 g/mol. The molecule has 0 aliphatic heterocycles. The van der Waals surface area contributed by atoms with E-state index in [2.05, 4.69) is 28.2 Å². The third kappa shape index (κ3) is 3.50. The van der Waals surface area contributed by atoms with Crippen molar-refractivity contribution in [1.29, 1.82) is 0 Å². The number of nitrogen functional groups attached to an aromatic ring is 1. The number of rotatable bonds is 3. The molecule has 104 valence electrons. The maximum absolute atomic E-state index is 12.3. The van der Waals surface area contributed by atoms with Crippen molar-refractivity contribution < 1.29 is 4.79 Å². The molecule has 1 aliphatic rings. The lowest BCUT2D eigenvalue weighted by molar-refractivity contribution is 0.0918. The van der Waals surface area contributed by atoms with Gasteiger partial charge in [0.25, 0.3) is 5.91 Å². The molecule has 2 rings (SSSR count). The highest BCUT2D eigenvalue weighted by atomic mass is 79.9. The SMILES string of the molecule is CC(NC(=O)c1cccc(N)c1Br)C1CCCCC1. The van der Waals surface area contributed by atoms with Gasteiger partial charge in [0.1, 0.15) is 0 Å². The summed E-state index contributed by atoms with van der Waals surface area (Å²) >= 11 is 3.38. The fourth-order valence-corrected chi connectivity index (χ4v) is 3.21. The molecule has 4 heteroatoms. The number of halogens is 1. The Kier molecular flexibility index (Phi) is 4.86. The summed E-state index contributed by atoms with van der Waals surface area (Å²) < 4.78 is 0.684. The Balaban J connectivity index is 2.02. The van der Waals surface area contributed by atoms with Gasteiger partial charge in [0, 0.05) is 11.7 Å². The van der Waals surface area contributed by atoms with Gasteiger partial charge in [-0.1, -0.05) is 25.3 Å². The number of hydrogen-bond donors (Lipinski definition) is 2. The fourth-order valence-electron chi connectivity index (χ4n) is 2.76. The van der Waals surface area contributed by atoms with Gasteiger partial charge in [-0.15, -0.1) is 0 Å². The topological polar surface area (TPSA) is 55.1 Å². The van der Waals surface area contributed by atoms with Crippen LogP contribution >= 0.6 is 15.9 Å². The number of nitrogens with one attached hydrogen (secondary N) is 1. The molecule has 1 atom stereocenters. The highest BCUT2D eigenvalue weighted by molar-refractivity contribution is 9.10. The van der Waals surface area contributed by atoms with E-state index < -0.39 is 0 Å². The van der Waals surface area contributed by atoms with Gasteiger partial charge in [0.05, 0.1) is 10.0 Å². The number of nitrogens with two attached hydrogens (primary N) is 1. The molecule has 0 heterocycles. The first-order valence-corrected chi connectivity index (χ1v) is 7.73. The maximum Gasteiger partial charge on any atom is 0.252 e. The van der Waals surface area contributed by atoms with Crippen molar-refractivity contribution in [3.8, 4) is 0 Å². The molecule has 0 bridgehead atoms. The average Bonchev–Trinajstić information content (AvgIpc) is 2.42. The van der Waals surface area contributed by atoms with E-state index in [4.69, 9.17) is 5.73 Å². The van der Waals surface area contributed by atoms with Crippen LogP contribution in [0.2, 0.25) is 0 Å². The molecule has 3 nitrogen and oxygen atoms in total. The number of anilines is 1. The zero-order valence-electron chi connectivity index (χ0n) is 11.3. The van der Waals surface area contributed by atoms with E-state index >= 15 is 0 Å². The van der Waals surface area contributed by atoms with Crippen LogP contribution in [0, 0.1) is 5.92 Å². The van der Waals surface area contributed by atoms with Crippen LogP contribution in [0.25, 0.3) is 0 Å². The summed E-state index contributed by atoms with van der Waals surface area (Å²) in [5.74, 6) is 0.565. The van der Waals surface area contributed by atoms with Crippen molar-refractivity contribution in [2.45, 2.75) is 45.1 Å². The zero-order chi connectivity index (χ0) is 13.8. The van der Waals surface area contributed by atoms with Crippen LogP contribution in [0.3, 0.4) is 0 Å². The average molecular weight is 325 g/mol. The normalized spacial score (nSPS) is 18.0. The Hall–Kier alpha value is -1.03. The van der Waals surface area contributed by atoms with Crippen LogP contribution in [0.4, 0.5) is 5.69 Å². The van der Waals surface area contributed by atoms with E-state index in [0.29, 0.717) is 21.6 Å². The minimum atomic E-state index is -0.0442. The first kappa shape index (κ1) is 14.4. The Bertz CT molecular complexity index is 455. The Morgan fingerprint density at radius 2 is 2.05 bits per heavy atom. The minimum absolute atomic E-state index is 0.0442. The Morgan fingerprint density at radius 3 is 2.74 bits per heavy atom. The number of carbonyl (C=O) groups is 1. The van der Waals surface area contributed by atoms with E-state index in [0.717, 1.165) is 0 Å². The van der Waals surface area contributed by atoms with Gasteiger partial charge in [0.2, 0.25) is 0 Å². The highest BCUT2D eigenvalue weighted by Gasteiger charge is 2.22. The van der Waals surface area contributed by atoms with Gasteiger partial charge in [-0.25, -0.2) is 0 Å². The first-order chi connectivity index (χ1) is 9.09. The molecule has 1 saturated carbocycles. The number of hydrogen-bond acceptors (Lipinski definition) is 2. The van der Waals surface area contributed by atoms with Crippen molar-refractivity contribution in [2.75, 3.05) is 5.73 Å². The summed E-state index contributed by atoms with van der Waals surface area (Å²) in [5, 5.41) is 3.11. The predicted molar refractivity (Wildman–Crippen MR) is 82.1 cm³/mol. The second-order valence-corrected chi connectivity index (χ2v) is 6.16. The van der Waals surface area contributed by atoms with E-state index in [1.807, 2.05) is 0 Å². The molecular weight excluding hydrogens is 304 g/mol. The van der Waals surface area contributed by atoms with Crippen molar-refractivity contribution in [3.05, 3.63) is 28.2 Å². The van der Waals surface area contributed by atoms with Crippen LogP contribution in [-0.2, 0) is 0 Å². The molecule has 1 aliphatic carbocycles. The van der Waals surface area contributed by atoms with Crippen LogP contribution in [0.15, 0.2) is 22.7 Å². The lowest BCUT2D eigenvalue weighted by Crippen LogP contribution is -2.39. The number of amides is 1. The lowest BCUT2D eigenvalue weighted by atomic mass is 9.84. The van der Waals surface area contributed by atoms with Crippen molar-refractivity contribution >= 4 is 27.5 Å². The van der Waals surface area contributed by atoms with Crippen LogP contribution in [0.5, 0.6) is 0 Å². The molecule has 0 radical (unpaired) electrons. The van der Waals surface area contributed by atoms with Gasteiger partial charge in [-0.2, -0.15) is 0 Å². The summed E-state index contributed by atoms with van der Waals surface area (Å²) in [4.78, 5) is 12.3. The zero-order valence-corrected chi connectivity index (χ0v) is 12.9. The molecule has 1 aromatic rings. The molecule has 1 aromatic carbocycles. The van der Waals surface area contributed by atoms with E-state index in [1.165, 1.54) is 32.1 Å². The summed E-state index contributed by atoms with van der Waals surface area (Å²) in [7, 11) is 0. The molecule has 19 heavy (non-hydrogen) atoms. The van der Waals surface area contributed by atoms with E-state index in [9.17, 15) is 4.79 Å². The quantitative estimate of drug-likeness (QED) is 0.832. The standard InChI is InChI=1S/C15H21BrN2O/c1-10(11-6-3-2-4-7-11)18-15(19)12-8-5-9-13(17)14(12)16/h5,8-11H,2-4,6-7,17H2,1H3,(H,18,19). The highest BCUT2D eigenvalue weighted by Crippen LogP contribution is 2.27. The summed E-state index contributed by atoms with van der Waals surface area (Å²) in [6, 6.07) is 5.61. The summed E-state index contributed by atoms with van der Waals surface area (Å²) in [6.45, 7) is 2.11. The fraction of sp³-hybridized carbons (Fsp3) is 0.533. The van der Waals surface area contributed by atoms with Gasteiger partial charge in [0.15, 0.2) is 0 Å². The molecule has 0 aromatic heterocycles. The third-order valence-corrected chi connectivity index (χ3v) is 4.87. The summed E-state index contributed by atoms with van der Waals surface area (Å²) in [6.07, 6.45) is 6.34. The molecular formula is C15H21BrN2O. The van der Waals surface area contributed by atoms with Gasteiger partial charge in [-0.05, 0) is 53.7 Å². The Labute approximate surface area is 123 Å². The molecule has 1 fully saturated rings. The molecule has 1 unspecified atom stereocenters. The number of benzene rings is 1. The van der Waals surface area contributed by atoms with Gasteiger partial charge < -0.3 is 11.1 Å². The first-order valence-electron chi connectivity index (χ1n) is 6.94. The summed E-state index contributed by atoms with van der Waals surface area (Å²) in [5.41, 5.74) is 7.01. The van der Waals surface area contributed by atoms with Crippen molar-refractivity contribution in [1.82, 2.24) is 5.32 Å². The van der Waals surface area contributed by atoms with Crippen molar-refractivity contribution in [3.63, 3.8) is 0 Å². The van der Waals surface area contributed by atoms with Crippen LogP contribution < -0.4 is 11.1 Å². The van der Waals surface area contributed by atoms with Gasteiger partial charge >= 0.3 is 0 Å². The second kappa shape index (κ2) is 6.42. The second-order valence-electron chi connectivity index (χ2n) is 5.37. The lowest BCUT2D eigenvalue weighted by Gasteiger charge is -2.28. The maximum atomic E-state index is 12.3. The largest absolute Gasteiger partial charge is 0.398 e. The molecule has 0 spiro atoms.